The summed E-state index contributed by atoms with van der Waals surface area (Å²) in [5.74, 6) is -0.0939. The SMILES string of the molecule is CCCNC(C)c1cc(F)c(C)cc1N1CCCCC1C. The number of anilines is 1. The molecule has 1 aliphatic heterocycles. The minimum Gasteiger partial charge on any atom is -0.369 e. The number of benzene rings is 1. The molecule has 0 spiro atoms. The summed E-state index contributed by atoms with van der Waals surface area (Å²) in [4.78, 5) is 2.47. The first-order valence-corrected chi connectivity index (χ1v) is 8.34. The van der Waals surface area contributed by atoms with Crippen LogP contribution in [0.15, 0.2) is 12.1 Å². The normalized spacial score (nSPS) is 20.6. The molecule has 2 atom stereocenters. The fraction of sp³-hybridized carbons (Fsp3) is 0.667. The largest absolute Gasteiger partial charge is 0.369 e. The van der Waals surface area contributed by atoms with Crippen LogP contribution in [-0.2, 0) is 0 Å². The van der Waals surface area contributed by atoms with E-state index >= 15 is 0 Å². The Bertz CT molecular complexity index is 473. The van der Waals surface area contributed by atoms with Crippen LogP contribution in [0, 0.1) is 12.7 Å². The maximum atomic E-state index is 14.1. The third-order valence-electron chi connectivity index (χ3n) is 4.59. The Morgan fingerprint density at radius 1 is 1.38 bits per heavy atom. The van der Waals surface area contributed by atoms with Crippen LogP contribution in [0.5, 0.6) is 0 Å². The van der Waals surface area contributed by atoms with Crippen LogP contribution in [0.4, 0.5) is 10.1 Å². The second-order valence-electron chi connectivity index (χ2n) is 6.37. The van der Waals surface area contributed by atoms with Gasteiger partial charge in [0.1, 0.15) is 5.82 Å². The molecule has 1 aliphatic rings. The fourth-order valence-electron chi connectivity index (χ4n) is 3.20. The monoisotopic (exact) mass is 292 g/mol. The van der Waals surface area contributed by atoms with Crippen molar-refractivity contribution in [1.29, 1.82) is 0 Å². The fourth-order valence-corrected chi connectivity index (χ4v) is 3.20. The summed E-state index contributed by atoms with van der Waals surface area (Å²) in [7, 11) is 0. The highest BCUT2D eigenvalue weighted by Gasteiger charge is 2.23. The van der Waals surface area contributed by atoms with Gasteiger partial charge in [-0.15, -0.1) is 0 Å². The molecule has 0 amide bonds. The quantitative estimate of drug-likeness (QED) is 0.855. The van der Waals surface area contributed by atoms with Gasteiger partial charge < -0.3 is 10.2 Å². The van der Waals surface area contributed by atoms with Crippen molar-refractivity contribution in [3.8, 4) is 0 Å². The van der Waals surface area contributed by atoms with Gasteiger partial charge in [0, 0.05) is 24.3 Å². The van der Waals surface area contributed by atoms with Gasteiger partial charge in [0.15, 0.2) is 0 Å². The lowest BCUT2D eigenvalue weighted by Crippen LogP contribution is -2.38. The highest BCUT2D eigenvalue weighted by atomic mass is 19.1. The molecule has 1 heterocycles. The van der Waals surface area contributed by atoms with E-state index in [0.717, 1.165) is 30.6 Å². The first-order chi connectivity index (χ1) is 10.0. The van der Waals surface area contributed by atoms with Crippen LogP contribution in [0.3, 0.4) is 0 Å². The van der Waals surface area contributed by atoms with Crippen molar-refractivity contribution in [2.45, 2.75) is 65.5 Å². The first-order valence-electron chi connectivity index (χ1n) is 8.34. The Hall–Kier alpha value is -1.09. The molecule has 1 aromatic rings. The lowest BCUT2D eigenvalue weighted by molar-refractivity contribution is 0.479. The Morgan fingerprint density at radius 3 is 2.81 bits per heavy atom. The summed E-state index contributed by atoms with van der Waals surface area (Å²) in [6.07, 6.45) is 4.86. The Labute approximate surface area is 128 Å². The average molecular weight is 292 g/mol. The summed E-state index contributed by atoms with van der Waals surface area (Å²) in [6.45, 7) is 10.5. The van der Waals surface area contributed by atoms with Crippen molar-refractivity contribution in [1.82, 2.24) is 5.32 Å². The number of hydrogen-bond donors (Lipinski definition) is 1. The summed E-state index contributed by atoms with van der Waals surface area (Å²) in [6, 6.07) is 4.50. The van der Waals surface area contributed by atoms with Gasteiger partial charge in [0.2, 0.25) is 0 Å². The minimum atomic E-state index is -0.0939. The molecular formula is C18H29FN2. The van der Waals surface area contributed by atoms with Crippen molar-refractivity contribution in [3.05, 3.63) is 29.1 Å². The van der Waals surface area contributed by atoms with Crippen LogP contribution in [0.25, 0.3) is 0 Å². The van der Waals surface area contributed by atoms with Crippen LogP contribution in [0.2, 0.25) is 0 Å². The van der Waals surface area contributed by atoms with Gasteiger partial charge >= 0.3 is 0 Å². The third kappa shape index (κ3) is 3.76. The molecule has 0 aromatic heterocycles. The number of halogens is 1. The van der Waals surface area contributed by atoms with E-state index in [-0.39, 0.29) is 11.9 Å². The molecule has 0 radical (unpaired) electrons. The van der Waals surface area contributed by atoms with Crippen molar-refractivity contribution >= 4 is 5.69 Å². The van der Waals surface area contributed by atoms with Crippen molar-refractivity contribution < 1.29 is 4.39 Å². The Kier molecular flexibility index (Phi) is 5.63. The molecule has 0 saturated carbocycles. The van der Waals surface area contributed by atoms with Crippen LogP contribution < -0.4 is 10.2 Å². The second kappa shape index (κ2) is 7.26. The highest BCUT2D eigenvalue weighted by molar-refractivity contribution is 5.58. The lowest BCUT2D eigenvalue weighted by Gasteiger charge is -2.38. The third-order valence-corrected chi connectivity index (χ3v) is 4.59. The average Bonchev–Trinajstić information content (AvgIpc) is 2.48. The smallest absolute Gasteiger partial charge is 0.126 e. The van der Waals surface area contributed by atoms with Crippen molar-refractivity contribution in [3.63, 3.8) is 0 Å². The molecule has 1 saturated heterocycles. The molecule has 2 unspecified atom stereocenters. The number of nitrogens with one attached hydrogen (secondary N) is 1. The Morgan fingerprint density at radius 2 is 2.14 bits per heavy atom. The van der Waals surface area contributed by atoms with Crippen LogP contribution in [-0.4, -0.2) is 19.1 Å². The number of nitrogens with zero attached hydrogens (tertiary/aromatic N) is 1. The molecule has 2 nitrogen and oxygen atoms in total. The standard InChI is InChI=1S/C18H29FN2/c1-5-9-20-15(4)16-12-17(19)13(2)11-18(16)21-10-7-6-8-14(21)3/h11-12,14-15,20H,5-10H2,1-4H3. The number of piperidine rings is 1. The predicted octanol–water partition coefficient (Wildman–Crippen LogP) is 4.57. The second-order valence-corrected chi connectivity index (χ2v) is 6.37. The molecule has 1 N–H and O–H groups in total. The van der Waals surface area contributed by atoms with E-state index in [1.165, 1.54) is 24.9 Å². The zero-order valence-electron chi connectivity index (χ0n) is 13.9. The maximum Gasteiger partial charge on any atom is 0.126 e. The predicted molar refractivity (Wildman–Crippen MR) is 88.5 cm³/mol. The van der Waals surface area contributed by atoms with Crippen molar-refractivity contribution in [2.24, 2.45) is 0 Å². The molecule has 118 valence electrons. The van der Waals surface area contributed by atoms with Crippen LogP contribution in [0.1, 0.15) is 63.6 Å². The maximum absolute atomic E-state index is 14.1. The topological polar surface area (TPSA) is 15.3 Å². The highest BCUT2D eigenvalue weighted by Crippen LogP contribution is 2.33. The molecule has 1 aromatic carbocycles. The van der Waals surface area contributed by atoms with Gasteiger partial charge in [-0.25, -0.2) is 4.39 Å². The lowest BCUT2D eigenvalue weighted by atomic mass is 9.97. The molecule has 3 heteroatoms. The van der Waals surface area contributed by atoms with Crippen LogP contribution >= 0.6 is 0 Å². The summed E-state index contributed by atoms with van der Waals surface area (Å²) >= 11 is 0. The van der Waals surface area contributed by atoms with E-state index in [2.05, 4.69) is 31.0 Å². The van der Waals surface area contributed by atoms with Gasteiger partial charge in [-0.3, -0.25) is 0 Å². The summed E-state index contributed by atoms with van der Waals surface area (Å²) in [5.41, 5.74) is 3.06. The van der Waals surface area contributed by atoms with E-state index < -0.39 is 0 Å². The molecule has 0 aliphatic carbocycles. The molecule has 0 bridgehead atoms. The van der Waals surface area contributed by atoms with E-state index in [1.54, 1.807) is 6.07 Å². The summed E-state index contributed by atoms with van der Waals surface area (Å²) in [5, 5.41) is 3.50. The zero-order chi connectivity index (χ0) is 15.4. The van der Waals surface area contributed by atoms with E-state index in [1.807, 2.05) is 13.0 Å². The van der Waals surface area contributed by atoms with Gasteiger partial charge in [0.25, 0.3) is 0 Å². The number of hydrogen-bond acceptors (Lipinski definition) is 2. The molecule has 21 heavy (non-hydrogen) atoms. The van der Waals surface area contributed by atoms with E-state index in [4.69, 9.17) is 0 Å². The van der Waals surface area contributed by atoms with Gasteiger partial charge in [-0.05, 0) is 76.3 Å². The molecular weight excluding hydrogens is 263 g/mol. The van der Waals surface area contributed by atoms with Crippen molar-refractivity contribution in [2.75, 3.05) is 18.0 Å². The summed E-state index contributed by atoms with van der Waals surface area (Å²) < 4.78 is 14.1. The molecule has 1 fully saturated rings. The van der Waals surface area contributed by atoms with Gasteiger partial charge in [0.05, 0.1) is 0 Å². The molecule has 2 rings (SSSR count). The zero-order valence-corrected chi connectivity index (χ0v) is 13.9. The first kappa shape index (κ1) is 16.3. The van der Waals surface area contributed by atoms with Gasteiger partial charge in [-0.1, -0.05) is 6.92 Å². The number of rotatable bonds is 5. The van der Waals surface area contributed by atoms with E-state index in [9.17, 15) is 4.39 Å². The van der Waals surface area contributed by atoms with E-state index in [0.29, 0.717) is 6.04 Å². The number of aryl methyl sites for hydroxylation is 1. The van der Waals surface area contributed by atoms with Gasteiger partial charge in [-0.2, -0.15) is 0 Å². The Balaban J connectivity index is 2.35. The minimum absolute atomic E-state index is 0.0939.